The molecule has 1 aromatic heterocycles. The Bertz CT molecular complexity index is 1280. The Balaban J connectivity index is 1.93. The quantitative estimate of drug-likeness (QED) is 0.298. The third-order valence-corrected chi connectivity index (χ3v) is 5.89. The van der Waals surface area contributed by atoms with Gasteiger partial charge in [-0.25, -0.2) is 0 Å². The van der Waals surface area contributed by atoms with Crippen LogP contribution in [0.5, 0.6) is 28.7 Å². The van der Waals surface area contributed by atoms with Gasteiger partial charge >= 0.3 is 0 Å². The van der Waals surface area contributed by atoms with Gasteiger partial charge in [-0.3, -0.25) is 4.79 Å². The maximum atomic E-state index is 13.6. The molecule has 0 saturated carbocycles. The molecule has 36 heavy (non-hydrogen) atoms. The Kier molecular flexibility index (Phi) is 7.24. The van der Waals surface area contributed by atoms with Gasteiger partial charge in [0, 0.05) is 11.6 Å². The lowest BCUT2D eigenvalue weighted by Crippen LogP contribution is -2.60. The van der Waals surface area contributed by atoms with Crippen LogP contribution in [-0.4, -0.2) is 84.2 Å². The van der Waals surface area contributed by atoms with Gasteiger partial charge in [0.25, 0.3) is 0 Å². The van der Waals surface area contributed by atoms with E-state index >= 15 is 0 Å². The highest BCUT2D eigenvalue weighted by Crippen LogP contribution is 2.44. The summed E-state index contributed by atoms with van der Waals surface area (Å²) in [5, 5.41) is 50.6. The standard InChI is InChI=1S/C24H26O12/c1-31-11-6-4-10(5-7-11)21-23(36-24-20(30)19(29)16(26)14(9-25)35-24)18(28)15-12(34-21)8-13(32-2)22(33-3)17(15)27/h4-8,14,16,19-20,24-27,29-30H,9H2,1-3H3/t14-,16-,19-,20+,24-/m1/s1. The van der Waals surface area contributed by atoms with Gasteiger partial charge in [-0.05, 0) is 24.3 Å². The Morgan fingerprint density at radius 2 is 1.61 bits per heavy atom. The van der Waals surface area contributed by atoms with E-state index < -0.39 is 54.2 Å². The maximum absolute atomic E-state index is 13.6. The van der Waals surface area contributed by atoms with Crippen molar-refractivity contribution in [2.24, 2.45) is 0 Å². The van der Waals surface area contributed by atoms with Crippen molar-refractivity contribution in [2.75, 3.05) is 27.9 Å². The second-order valence-corrected chi connectivity index (χ2v) is 7.97. The van der Waals surface area contributed by atoms with Gasteiger partial charge in [-0.1, -0.05) is 0 Å². The van der Waals surface area contributed by atoms with Crippen molar-refractivity contribution in [3.63, 3.8) is 0 Å². The fourth-order valence-electron chi connectivity index (χ4n) is 3.95. The largest absolute Gasteiger partial charge is 0.504 e. The molecule has 3 aromatic rings. The molecule has 0 radical (unpaired) electrons. The van der Waals surface area contributed by atoms with Crippen molar-refractivity contribution >= 4 is 11.0 Å². The first-order chi connectivity index (χ1) is 17.2. The fourth-order valence-corrected chi connectivity index (χ4v) is 3.95. The molecule has 5 N–H and O–H groups in total. The highest BCUT2D eigenvalue weighted by atomic mass is 16.7. The van der Waals surface area contributed by atoms with Gasteiger partial charge in [-0.2, -0.15) is 0 Å². The number of aliphatic hydroxyl groups excluding tert-OH is 4. The van der Waals surface area contributed by atoms with Crippen LogP contribution in [0.3, 0.4) is 0 Å². The molecule has 0 spiro atoms. The van der Waals surface area contributed by atoms with E-state index in [1.54, 1.807) is 24.3 Å². The first-order valence-electron chi connectivity index (χ1n) is 10.8. The van der Waals surface area contributed by atoms with Crippen molar-refractivity contribution in [1.82, 2.24) is 0 Å². The van der Waals surface area contributed by atoms with Crippen LogP contribution in [0.4, 0.5) is 0 Å². The highest BCUT2D eigenvalue weighted by Gasteiger charge is 2.45. The van der Waals surface area contributed by atoms with Gasteiger partial charge in [0.1, 0.15) is 41.1 Å². The summed E-state index contributed by atoms with van der Waals surface area (Å²) in [5.41, 5.74) is -0.539. The Morgan fingerprint density at radius 1 is 0.917 bits per heavy atom. The van der Waals surface area contributed by atoms with Crippen LogP contribution in [0.1, 0.15) is 0 Å². The first-order valence-corrected chi connectivity index (χ1v) is 10.8. The molecule has 0 aliphatic carbocycles. The number of phenolic OH excluding ortho intramolecular Hbond substituents is 1. The molecule has 1 fully saturated rings. The zero-order valence-corrected chi connectivity index (χ0v) is 19.6. The van der Waals surface area contributed by atoms with E-state index in [4.69, 9.17) is 28.1 Å². The molecule has 12 nitrogen and oxygen atoms in total. The summed E-state index contributed by atoms with van der Waals surface area (Å²) in [5.74, 6) is -0.622. The van der Waals surface area contributed by atoms with Crippen LogP contribution in [0.15, 0.2) is 39.5 Å². The minimum absolute atomic E-state index is 0.0536. The second-order valence-electron chi connectivity index (χ2n) is 7.97. The molecule has 12 heteroatoms. The van der Waals surface area contributed by atoms with Gasteiger partial charge in [0.15, 0.2) is 17.3 Å². The summed E-state index contributed by atoms with van der Waals surface area (Å²) in [4.78, 5) is 13.6. The molecule has 1 aliphatic heterocycles. The van der Waals surface area contributed by atoms with Crippen LogP contribution in [0.25, 0.3) is 22.3 Å². The van der Waals surface area contributed by atoms with Gasteiger partial charge < -0.3 is 53.6 Å². The molecule has 5 atom stereocenters. The van der Waals surface area contributed by atoms with Crippen LogP contribution in [0.2, 0.25) is 0 Å². The lowest BCUT2D eigenvalue weighted by atomic mass is 9.99. The van der Waals surface area contributed by atoms with E-state index in [1.165, 1.54) is 27.4 Å². The second kappa shape index (κ2) is 10.2. The number of hydrogen-bond donors (Lipinski definition) is 5. The number of hydrogen-bond acceptors (Lipinski definition) is 12. The minimum atomic E-state index is -1.79. The average Bonchev–Trinajstić information content (AvgIpc) is 2.89. The predicted octanol–water partition coefficient (Wildman–Crippen LogP) is 0.370. The van der Waals surface area contributed by atoms with E-state index in [0.717, 1.165) is 0 Å². The molecule has 4 rings (SSSR count). The number of fused-ring (bicyclic) bond motifs is 1. The number of ether oxygens (including phenoxy) is 5. The number of aliphatic hydroxyl groups is 4. The van der Waals surface area contributed by atoms with E-state index in [2.05, 4.69) is 0 Å². The van der Waals surface area contributed by atoms with Gasteiger partial charge in [0.05, 0.1) is 27.9 Å². The van der Waals surface area contributed by atoms with E-state index in [1.807, 2.05) is 0 Å². The molecule has 0 unspecified atom stereocenters. The van der Waals surface area contributed by atoms with Gasteiger partial charge in [0.2, 0.25) is 23.2 Å². The summed E-state index contributed by atoms with van der Waals surface area (Å²) >= 11 is 0. The summed E-state index contributed by atoms with van der Waals surface area (Å²) in [6.07, 6.45) is -8.11. The predicted molar refractivity (Wildman–Crippen MR) is 124 cm³/mol. The van der Waals surface area contributed by atoms with Crippen LogP contribution in [-0.2, 0) is 4.74 Å². The summed E-state index contributed by atoms with van der Waals surface area (Å²) < 4.78 is 32.6. The Morgan fingerprint density at radius 3 is 2.19 bits per heavy atom. The number of phenols is 1. The topological polar surface area (TPSA) is 178 Å². The molecule has 0 amide bonds. The summed E-state index contributed by atoms with van der Waals surface area (Å²) in [6.45, 7) is -0.694. The molecule has 2 heterocycles. The molecule has 0 bridgehead atoms. The molecule has 194 valence electrons. The molecular weight excluding hydrogens is 480 g/mol. The summed E-state index contributed by atoms with van der Waals surface area (Å²) in [7, 11) is 4.12. The van der Waals surface area contributed by atoms with E-state index in [9.17, 15) is 30.3 Å². The van der Waals surface area contributed by atoms with Crippen LogP contribution >= 0.6 is 0 Å². The van der Waals surface area contributed by atoms with Crippen molar-refractivity contribution in [1.29, 1.82) is 0 Å². The van der Waals surface area contributed by atoms with Crippen molar-refractivity contribution in [2.45, 2.75) is 30.7 Å². The lowest BCUT2D eigenvalue weighted by Gasteiger charge is -2.39. The monoisotopic (exact) mass is 506 g/mol. The smallest absolute Gasteiger partial charge is 0.239 e. The maximum Gasteiger partial charge on any atom is 0.239 e. The zero-order chi connectivity index (χ0) is 26.1. The lowest BCUT2D eigenvalue weighted by molar-refractivity contribution is -0.277. The Labute approximate surface area is 204 Å². The normalized spacial score (nSPS) is 23.9. The molecular formula is C24H26O12. The molecule has 1 aliphatic rings. The van der Waals surface area contributed by atoms with E-state index in [0.29, 0.717) is 11.3 Å². The fraction of sp³-hybridized carbons (Fsp3) is 0.375. The number of benzene rings is 2. The third-order valence-electron chi connectivity index (χ3n) is 5.89. The minimum Gasteiger partial charge on any atom is -0.504 e. The SMILES string of the molecule is COc1ccc(-c2oc3cc(OC)c(OC)c(O)c3c(=O)c2O[C@H]2O[C@H](CO)[C@@H](O)[C@@H](O)[C@@H]2O)cc1. The van der Waals surface area contributed by atoms with E-state index in [-0.39, 0.29) is 28.2 Å². The van der Waals surface area contributed by atoms with Crippen molar-refractivity contribution < 1.29 is 53.6 Å². The highest BCUT2D eigenvalue weighted by molar-refractivity contribution is 5.91. The Hall–Kier alpha value is -3.55. The molecule has 1 saturated heterocycles. The third kappa shape index (κ3) is 4.29. The van der Waals surface area contributed by atoms with Crippen LogP contribution in [0, 0.1) is 0 Å². The van der Waals surface area contributed by atoms with Crippen molar-refractivity contribution in [3.05, 3.63) is 40.6 Å². The summed E-state index contributed by atoms with van der Waals surface area (Å²) in [6, 6.07) is 7.76. The number of methoxy groups -OCH3 is 3. The average molecular weight is 506 g/mol. The zero-order valence-electron chi connectivity index (χ0n) is 19.6. The first kappa shape index (κ1) is 25.5. The number of aromatic hydroxyl groups is 1. The van der Waals surface area contributed by atoms with Gasteiger partial charge in [-0.15, -0.1) is 0 Å². The number of rotatable bonds is 7. The van der Waals surface area contributed by atoms with Crippen LogP contribution < -0.4 is 24.4 Å². The molecule has 2 aromatic carbocycles. The van der Waals surface area contributed by atoms with Crippen molar-refractivity contribution in [3.8, 4) is 40.1 Å².